The monoisotopic (exact) mass is 393 g/mol. The Morgan fingerprint density at radius 1 is 0.760 bits per heavy atom. The van der Waals surface area contributed by atoms with Gasteiger partial charge in [-0.1, -0.05) is 95.8 Å². The average Bonchev–Trinajstić information content (AvgIpc) is 2.55. The van der Waals surface area contributed by atoms with Gasteiger partial charge >= 0.3 is 0 Å². The molecule has 0 saturated carbocycles. The van der Waals surface area contributed by atoms with E-state index in [0.717, 1.165) is 18.4 Å². The number of hydrogen-bond donors (Lipinski definition) is 1. The van der Waals surface area contributed by atoms with Crippen LogP contribution < -0.4 is 0 Å². The Morgan fingerprint density at radius 3 is 1.68 bits per heavy atom. The second-order valence-electron chi connectivity index (χ2n) is 6.72. The van der Waals surface area contributed by atoms with Crippen LogP contribution in [0.25, 0.3) is 0 Å². The summed E-state index contributed by atoms with van der Waals surface area (Å²) in [6.45, 7) is 2.25. The van der Waals surface area contributed by atoms with Crippen molar-refractivity contribution in [3.8, 4) is 0 Å². The molecular formula is C20H34KO3S. The van der Waals surface area contributed by atoms with Crippen molar-refractivity contribution in [3.05, 3.63) is 29.8 Å². The molecule has 1 aromatic rings. The van der Waals surface area contributed by atoms with Crippen molar-refractivity contribution in [2.75, 3.05) is 0 Å². The van der Waals surface area contributed by atoms with Gasteiger partial charge in [0.1, 0.15) is 0 Å². The number of unbranched alkanes of at least 4 members (excludes halogenated alkanes) is 11. The molecular weight excluding hydrogens is 359 g/mol. The number of benzene rings is 1. The number of rotatable bonds is 14. The molecule has 0 bridgehead atoms. The van der Waals surface area contributed by atoms with Crippen LogP contribution in [0, 0.1) is 0 Å². The molecule has 0 saturated heterocycles. The summed E-state index contributed by atoms with van der Waals surface area (Å²) in [5.74, 6) is 0. The standard InChI is InChI=1S/C20H34O3S.K/c1-2-3-4-5-6-7-8-9-10-11-12-13-16-19-17-14-15-18-20(19)24(21,22)23;/h14-15,17-18H,2-13,16H2,1H3,(H,21,22,23);. The molecule has 5 heteroatoms. The fraction of sp³-hybridized carbons (Fsp3) is 0.700. The fourth-order valence-electron chi connectivity index (χ4n) is 3.12. The van der Waals surface area contributed by atoms with E-state index >= 15 is 0 Å². The molecule has 139 valence electrons. The third-order valence-corrected chi connectivity index (χ3v) is 5.50. The van der Waals surface area contributed by atoms with E-state index in [9.17, 15) is 13.0 Å². The SMILES string of the molecule is CCCCCCCCCCCCCCc1ccccc1S(=O)(=O)O.[K]. The van der Waals surface area contributed by atoms with Gasteiger partial charge in [0.2, 0.25) is 0 Å². The molecule has 0 fully saturated rings. The first-order chi connectivity index (χ1) is 11.6. The number of hydrogen-bond acceptors (Lipinski definition) is 2. The maximum Gasteiger partial charge on any atom is 0.294 e. The third kappa shape index (κ3) is 12.7. The van der Waals surface area contributed by atoms with Gasteiger partial charge in [-0.15, -0.1) is 0 Å². The molecule has 3 nitrogen and oxygen atoms in total. The Balaban J connectivity index is 0.00000576. The van der Waals surface area contributed by atoms with Gasteiger partial charge in [-0.2, -0.15) is 8.42 Å². The van der Waals surface area contributed by atoms with Crippen molar-refractivity contribution in [2.24, 2.45) is 0 Å². The van der Waals surface area contributed by atoms with Crippen LogP contribution in [-0.4, -0.2) is 64.4 Å². The molecule has 0 aliphatic carbocycles. The smallest absolute Gasteiger partial charge is 0.282 e. The van der Waals surface area contributed by atoms with E-state index in [1.807, 2.05) is 6.07 Å². The Hall–Kier alpha value is 0.766. The largest absolute Gasteiger partial charge is 0.294 e. The molecule has 1 aromatic carbocycles. The topological polar surface area (TPSA) is 54.4 Å². The molecule has 0 aliphatic heterocycles. The van der Waals surface area contributed by atoms with Gasteiger partial charge in [0.05, 0.1) is 4.90 Å². The van der Waals surface area contributed by atoms with Crippen molar-refractivity contribution in [3.63, 3.8) is 0 Å². The molecule has 0 heterocycles. The minimum Gasteiger partial charge on any atom is -0.282 e. The van der Waals surface area contributed by atoms with Crippen LogP contribution in [0.4, 0.5) is 0 Å². The summed E-state index contributed by atoms with van der Waals surface area (Å²) in [6.07, 6.45) is 16.2. The molecule has 0 aliphatic rings. The fourth-order valence-corrected chi connectivity index (χ4v) is 3.87. The van der Waals surface area contributed by atoms with E-state index in [0.29, 0.717) is 6.42 Å². The van der Waals surface area contributed by atoms with Crippen molar-refractivity contribution >= 4 is 61.5 Å². The predicted octanol–water partition coefficient (Wildman–Crippen LogP) is 5.80. The second kappa shape index (κ2) is 15.8. The van der Waals surface area contributed by atoms with Crippen LogP contribution >= 0.6 is 0 Å². The zero-order valence-corrected chi connectivity index (χ0v) is 20.1. The van der Waals surface area contributed by atoms with E-state index in [1.165, 1.54) is 70.3 Å². The van der Waals surface area contributed by atoms with Gasteiger partial charge < -0.3 is 0 Å². The Bertz CT molecular complexity index is 544. The van der Waals surface area contributed by atoms with E-state index in [4.69, 9.17) is 0 Å². The summed E-state index contributed by atoms with van der Waals surface area (Å²) in [5, 5.41) is 0. The summed E-state index contributed by atoms with van der Waals surface area (Å²) >= 11 is 0. The molecule has 25 heavy (non-hydrogen) atoms. The molecule has 1 rings (SSSR count). The van der Waals surface area contributed by atoms with E-state index < -0.39 is 10.1 Å². The Morgan fingerprint density at radius 2 is 1.20 bits per heavy atom. The molecule has 0 amide bonds. The quantitative estimate of drug-likeness (QED) is 0.247. The van der Waals surface area contributed by atoms with Crippen LogP contribution in [0.1, 0.15) is 89.5 Å². The van der Waals surface area contributed by atoms with Crippen LogP contribution in [-0.2, 0) is 16.5 Å². The molecule has 1 N–H and O–H groups in total. The minimum atomic E-state index is -4.10. The van der Waals surface area contributed by atoms with Gasteiger partial charge in [0.15, 0.2) is 0 Å². The maximum atomic E-state index is 11.3. The minimum absolute atomic E-state index is 0. The predicted molar refractivity (Wildman–Crippen MR) is 107 cm³/mol. The Kier molecular flexibility index (Phi) is 16.3. The molecule has 0 atom stereocenters. The van der Waals surface area contributed by atoms with Gasteiger partial charge in [0, 0.05) is 51.4 Å². The summed E-state index contributed by atoms with van der Waals surface area (Å²) in [4.78, 5) is 0.0630. The van der Waals surface area contributed by atoms with Crippen molar-refractivity contribution in [1.29, 1.82) is 0 Å². The van der Waals surface area contributed by atoms with Crippen molar-refractivity contribution in [2.45, 2.75) is 95.3 Å². The van der Waals surface area contributed by atoms with E-state index in [2.05, 4.69) is 6.92 Å². The van der Waals surface area contributed by atoms with Gasteiger partial charge in [-0.05, 0) is 24.5 Å². The summed E-state index contributed by atoms with van der Waals surface area (Å²) in [7, 11) is -4.10. The average molecular weight is 394 g/mol. The van der Waals surface area contributed by atoms with Crippen molar-refractivity contribution < 1.29 is 13.0 Å². The zero-order valence-electron chi connectivity index (χ0n) is 16.2. The third-order valence-electron chi connectivity index (χ3n) is 4.55. The molecule has 0 unspecified atom stereocenters. The number of aryl methyl sites for hydroxylation is 1. The normalized spacial score (nSPS) is 11.3. The molecule has 0 spiro atoms. The van der Waals surface area contributed by atoms with Gasteiger partial charge in [-0.25, -0.2) is 0 Å². The van der Waals surface area contributed by atoms with Crippen molar-refractivity contribution in [1.82, 2.24) is 0 Å². The summed E-state index contributed by atoms with van der Waals surface area (Å²) in [6, 6.07) is 6.74. The molecule has 1 radical (unpaired) electrons. The molecule has 0 aromatic heterocycles. The van der Waals surface area contributed by atoms with E-state index in [1.54, 1.807) is 12.1 Å². The van der Waals surface area contributed by atoms with Crippen LogP contribution in [0.15, 0.2) is 29.2 Å². The van der Waals surface area contributed by atoms with E-state index in [-0.39, 0.29) is 56.3 Å². The Labute approximate surface area is 197 Å². The van der Waals surface area contributed by atoms with Gasteiger partial charge in [-0.3, -0.25) is 4.55 Å². The zero-order chi connectivity index (χ0) is 17.7. The first-order valence-electron chi connectivity index (χ1n) is 9.61. The first kappa shape index (κ1) is 25.8. The van der Waals surface area contributed by atoms with Crippen LogP contribution in [0.3, 0.4) is 0 Å². The van der Waals surface area contributed by atoms with Crippen LogP contribution in [0.2, 0.25) is 0 Å². The summed E-state index contributed by atoms with van der Waals surface area (Å²) in [5.41, 5.74) is 0.729. The second-order valence-corrected chi connectivity index (χ2v) is 8.11. The maximum absolute atomic E-state index is 11.3. The van der Waals surface area contributed by atoms with Crippen LogP contribution in [0.5, 0.6) is 0 Å². The van der Waals surface area contributed by atoms with Gasteiger partial charge in [0.25, 0.3) is 10.1 Å². The summed E-state index contributed by atoms with van der Waals surface area (Å²) < 4.78 is 31.9. The first-order valence-corrected chi connectivity index (χ1v) is 11.0.